The number of fused-ring (bicyclic) bond motifs is 1. The van der Waals surface area contributed by atoms with E-state index in [1.165, 1.54) is 18.2 Å². The molecule has 0 saturated heterocycles. The van der Waals surface area contributed by atoms with Gasteiger partial charge in [-0.25, -0.2) is 0 Å². The van der Waals surface area contributed by atoms with Crippen molar-refractivity contribution < 1.29 is 13.2 Å². The van der Waals surface area contributed by atoms with Crippen LogP contribution in [-0.4, -0.2) is 19.9 Å². The Kier molecular flexibility index (Phi) is 3.92. The number of sulfonamides is 1. The molecule has 0 heterocycles. The molecule has 0 amide bonds. The van der Waals surface area contributed by atoms with E-state index in [9.17, 15) is 13.2 Å². The van der Waals surface area contributed by atoms with Crippen LogP contribution in [0.2, 0.25) is 0 Å². The summed E-state index contributed by atoms with van der Waals surface area (Å²) in [7, 11) is -3.92. The van der Waals surface area contributed by atoms with Crippen LogP contribution in [0.3, 0.4) is 0 Å². The maximum absolute atomic E-state index is 12.5. The second-order valence-electron chi connectivity index (χ2n) is 5.13. The second-order valence-corrected chi connectivity index (χ2v) is 7.14. The molecular formula is C17H12ClNO3S. The van der Waals surface area contributed by atoms with Gasteiger partial charge in [0.05, 0.1) is 9.93 Å². The van der Waals surface area contributed by atoms with Gasteiger partial charge in [0.1, 0.15) is 5.71 Å². The van der Waals surface area contributed by atoms with E-state index in [-0.39, 0.29) is 21.4 Å². The first kappa shape index (κ1) is 15.6. The summed E-state index contributed by atoms with van der Waals surface area (Å²) in [4.78, 5) is 12.0. The number of aryl methyl sites for hydroxylation is 1. The summed E-state index contributed by atoms with van der Waals surface area (Å²) >= 11 is 6.07. The van der Waals surface area contributed by atoms with Crippen molar-refractivity contribution in [3.05, 3.63) is 76.3 Å². The lowest BCUT2D eigenvalue weighted by Gasteiger charge is -2.14. The van der Waals surface area contributed by atoms with E-state index in [4.69, 9.17) is 11.6 Å². The molecule has 0 atom stereocenters. The minimum absolute atomic E-state index is 0.0180. The molecular weight excluding hydrogens is 334 g/mol. The third-order valence-corrected chi connectivity index (χ3v) is 5.04. The Morgan fingerprint density at radius 1 is 0.957 bits per heavy atom. The number of benzene rings is 2. The Hall–Kier alpha value is -2.24. The zero-order chi connectivity index (χ0) is 16.6. The molecule has 6 heteroatoms. The van der Waals surface area contributed by atoms with Gasteiger partial charge in [0.2, 0.25) is 0 Å². The number of nitrogens with zero attached hydrogens (tertiary/aromatic N) is 1. The molecule has 4 nitrogen and oxygen atoms in total. The Morgan fingerprint density at radius 3 is 2.22 bits per heavy atom. The minimum atomic E-state index is -3.92. The summed E-state index contributed by atoms with van der Waals surface area (Å²) in [5.74, 6) is -0.266. The van der Waals surface area contributed by atoms with Crippen molar-refractivity contribution in [2.24, 2.45) is 4.40 Å². The Bertz CT molecular complexity index is 958. The maximum atomic E-state index is 12.5. The molecule has 1 aliphatic rings. The number of hydrogen-bond acceptors (Lipinski definition) is 3. The van der Waals surface area contributed by atoms with Gasteiger partial charge in [-0.1, -0.05) is 53.6 Å². The van der Waals surface area contributed by atoms with E-state index in [1.54, 1.807) is 36.4 Å². The number of halogens is 1. The minimum Gasteiger partial charge on any atom is -0.289 e. The number of rotatable bonds is 2. The normalized spacial score (nSPS) is 16.2. The van der Waals surface area contributed by atoms with Gasteiger partial charge in [0.25, 0.3) is 10.0 Å². The topological polar surface area (TPSA) is 63.6 Å². The van der Waals surface area contributed by atoms with E-state index in [1.807, 2.05) is 6.92 Å². The van der Waals surface area contributed by atoms with Crippen molar-refractivity contribution in [2.45, 2.75) is 11.8 Å². The molecule has 0 spiro atoms. The first-order valence-electron chi connectivity index (χ1n) is 6.81. The van der Waals surface area contributed by atoms with E-state index in [0.717, 1.165) is 5.56 Å². The Labute approximate surface area is 139 Å². The highest BCUT2D eigenvalue weighted by Gasteiger charge is 2.25. The molecule has 0 N–H and O–H groups in total. The zero-order valence-corrected chi connectivity index (χ0v) is 13.7. The number of allylic oxidation sites excluding steroid dienone is 2. The molecule has 0 fully saturated rings. The lowest BCUT2D eigenvalue weighted by Crippen LogP contribution is -2.17. The predicted molar refractivity (Wildman–Crippen MR) is 89.6 cm³/mol. The van der Waals surface area contributed by atoms with Gasteiger partial charge in [0.15, 0.2) is 5.78 Å². The van der Waals surface area contributed by atoms with Crippen LogP contribution < -0.4 is 0 Å². The largest absolute Gasteiger partial charge is 0.289 e. The van der Waals surface area contributed by atoms with Crippen molar-refractivity contribution in [2.75, 3.05) is 0 Å². The number of carbonyl (C=O) groups is 1. The van der Waals surface area contributed by atoms with Gasteiger partial charge in [-0.15, -0.1) is 0 Å². The first-order valence-corrected chi connectivity index (χ1v) is 8.63. The first-order chi connectivity index (χ1) is 10.9. The van der Waals surface area contributed by atoms with Crippen molar-refractivity contribution in [3.8, 4) is 0 Å². The Morgan fingerprint density at radius 2 is 1.57 bits per heavy atom. The van der Waals surface area contributed by atoms with Crippen LogP contribution in [0.1, 0.15) is 21.5 Å². The summed E-state index contributed by atoms with van der Waals surface area (Å²) in [5, 5.41) is 0.0180. The summed E-state index contributed by atoms with van der Waals surface area (Å²) in [5.41, 5.74) is 1.83. The van der Waals surface area contributed by atoms with Crippen LogP contribution in [0.5, 0.6) is 0 Å². The average molecular weight is 346 g/mol. The van der Waals surface area contributed by atoms with E-state index >= 15 is 0 Å². The lowest BCUT2D eigenvalue weighted by molar-refractivity contribution is 0.104. The van der Waals surface area contributed by atoms with Gasteiger partial charge < -0.3 is 0 Å². The van der Waals surface area contributed by atoms with Crippen LogP contribution in [0, 0.1) is 6.92 Å². The summed E-state index contributed by atoms with van der Waals surface area (Å²) in [6.07, 6.45) is 1.19. The van der Waals surface area contributed by atoms with E-state index in [0.29, 0.717) is 11.1 Å². The standard InChI is InChI=1S/C17H12ClNO3S/c1-11-6-8-12(9-7-11)23(21,22)19-17-14-5-3-2-4-13(14)16(20)10-15(17)18/h2-10H,1H3/b19-17+. The van der Waals surface area contributed by atoms with Gasteiger partial charge in [0, 0.05) is 17.2 Å². The Balaban J connectivity index is 2.16. The average Bonchev–Trinajstić information content (AvgIpc) is 2.52. The molecule has 2 aromatic rings. The molecule has 0 bridgehead atoms. The van der Waals surface area contributed by atoms with Crippen LogP contribution in [0.25, 0.3) is 0 Å². The third kappa shape index (κ3) is 2.98. The maximum Gasteiger partial charge on any atom is 0.282 e. The highest BCUT2D eigenvalue weighted by Crippen LogP contribution is 2.26. The molecule has 1 aliphatic carbocycles. The number of carbonyl (C=O) groups excluding carboxylic acids is 1. The summed E-state index contributed by atoms with van der Waals surface area (Å²) in [6, 6.07) is 13.0. The highest BCUT2D eigenvalue weighted by molar-refractivity contribution is 7.90. The van der Waals surface area contributed by atoms with Crippen molar-refractivity contribution in [1.82, 2.24) is 0 Å². The smallest absolute Gasteiger partial charge is 0.282 e. The molecule has 3 rings (SSSR count). The SMILES string of the molecule is Cc1ccc(S(=O)(=O)/N=C2/C(Cl)=CC(=O)c3ccccc32)cc1. The second kappa shape index (κ2) is 5.76. The fraction of sp³-hybridized carbons (Fsp3) is 0.0588. The highest BCUT2D eigenvalue weighted by atomic mass is 35.5. The predicted octanol–water partition coefficient (Wildman–Crippen LogP) is 3.49. The molecule has 116 valence electrons. The van der Waals surface area contributed by atoms with Crippen LogP contribution in [-0.2, 0) is 10.0 Å². The van der Waals surface area contributed by atoms with Crippen molar-refractivity contribution in [1.29, 1.82) is 0 Å². The fourth-order valence-corrected chi connectivity index (χ4v) is 3.59. The lowest BCUT2D eigenvalue weighted by atomic mass is 9.94. The quantitative estimate of drug-likeness (QED) is 0.836. The molecule has 0 radical (unpaired) electrons. The van der Waals surface area contributed by atoms with Gasteiger partial charge in [-0.05, 0) is 19.1 Å². The molecule has 0 unspecified atom stereocenters. The number of ketones is 1. The van der Waals surface area contributed by atoms with Crippen molar-refractivity contribution in [3.63, 3.8) is 0 Å². The van der Waals surface area contributed by atoms with Crippen LogP contribution in [0.4, 0.5) is 0 Å². The van der Waals surface area contributed by atoms with Gasteiger partial charge >= 0.3 is 0 Å². The van der Waals surface area contributed by atoms with Crippen molar-refractivity contribution >= 4 is 33.1 Å². The molecule has 23 heavy (non-hydrogen) atoms. The van der Waals surface area contributed by atoms with Crippen LogP contribution in [0.15, 0.2) is 68.9 Å². The summed E-state index contributed by atoms with van der Waals surface area (Å²) < 4.78 is 28.8. The molecule has 0 aromatic heterocycles. The van der Waals surface area contributed by atoms with Crippen LogP contribution >= 0.6 is 11.6 Å². The monoisotopic (exact) mass is 345 g/mol. The number of hydrogen-bond donors (Lipinski definition) is 0. The fourth-order valence-electron chi connectivity index (χ4n) is 2.27. The third-order valence-electron chi connectivity index (χ3n) is 3.46. The van der Waals surface area contributed by atoms with Gasteiger partial charge in [-0.2, -0.15) is 12.8 Å². The molecule has 0 aliphatic heterocycles. The van der Waals surface area contributed by atoms with E-state index in [2.05, 4.69) is 4.40 Å². The zero-order valence-electron chi connectivity index (χ0n) is 12.2. The summed E-state index contributed by atoms with van der Waals surface area (Å²) in [6.45, 7) is 1.87. The molecule has 2 aromatic carbocycles. The molecule has 0 saturated carbocycles. The van der Waals surface area contributed by atoms with Gasteiger partial charge in [-0.3, -0.25) is 4.79 Å². The van der Waals surface area contributed by atoms with E-state index < -0.39 is 10.0 Å².